The molecular formula is C14H19N3O2S. The van der Waals surface area contributed by atoms with E-state index in [-0.39, 0.29) is 10.3 Å². The van der Waals surface area contributed by atoms with Gasteiger partial charge in [0.05, 0.1) is 5.52 Å². The van der Waals surface area contributed by atoms with E-state index in [4.69, 9.17) is 5.73 Å². The van der Waals surface area contributed by atoms with Crippen molar-refractivity contribution < 1.29 is 8.42 Å². The van der Waals surface area contributed by atoms with Crippen LogP contribution in [0.15, 0.2) is 35.4 Å². The zero-order valence-electron chi connectivity index (χ0n) is 11.8. The van der Waals surface area contributed by atoms with E-state index in [0.29, 0.717) is 23.1 Å². The molecule has 0 bridgehead atoms. The summed E-state index contributed by atoms with van der Waals surface area (Å²) in [6.07, 6.45) is 1.56. The van der Waals surface area contributed by atoms with Crippen LogP contribution in [0.4, 0.5) is 5.69 Å². The fourth-order valence-electron chi connectivity index (χ4n) is 1.77. The first-order chi connectivity index (χ1) is 9.21. The number of hydrogen-bond donors (Lipinski definition) is 2. The minimum atomic E-state index is -3.60. The summed E-state index contributed by atoms with van der Waals surface area (Å²) in [7, 11) is -3.60. The van der Waals surface area contributed by atoms with E-state index in [1.54, 1.807) is 24.4 Å². The molecule has 0 saturated carbocycles. The minimum absolute atomic E-state index is 0.135. The predicted octanol–water partition coefficient (Wildman–Crippen LogP) is 2.14. The molecule has 0 unspecified atom stereocenters. The maximum Gasteiger partial charge on any atom is 0.242 e. The minimum Gasteiger partial charge on any atom is -0.398 e. The highest BCUT2D eigenvalue weighted by Crippen LogP contribution is 2.26. The highest BCUT2D eigenvalue weighted by Gasteiger charge is 2.21. The first-order valence-electron chi connectivity index (χ1n) is 6.34. The SMILES string of the molecule is CC(C)(C)CNS(=O)(=O)c1ccc(N)c2cccnc12. The Labute approximate surface area is 119 Å². The average Bonchev–Trinajstić information content (AvgIpc) is 2.36. The molecular weight excluding hydrogens is 274 g/mol. The Bertz CT molecular complexity index is 734. The number of sulfonamides is 1. The molecule has 0 saturated heterocycles. The Kier molecular flexibility index (Phi) is 3.71. The van der Waals surface area contributed by atoms with Gasteiger partial charge in [0, 0.05) is 23.8 Å². The molecule has 0 aliphatic carbocycles. The third-order valence-corrected chi connectivity index (χ3v) is 4.28. The van der Waals surface area contributed by atoms with Gasteiger partial charge in [0.2, 0.25) is 10.0 Å². The van der Waals surface area contributed by atoms with E-state index in [1.807, 2.05) is 20.8 Å². The van der Waals surface area contributed by atoms with Crippen LogP contribution in [0, 0.1) is 5.41 Å². The van der Waals surface area contributed by atoms with Gasteiger partial charge >= 0.3 is 0 Å². The molecule has 0 amide bonds. The number of anilines is 1. The zero-order chi connectivity index (χ0) is 15.0. The molecule has 2 aromatic rings. The molecule has 0 radical (unpaired) electrons. The summed E-state index contributed by atoms with van der Waals surface area (Å²) in [5.41, 5.74) is 6.64. The Morgan fingerprint density at radius 1 is 1.25 bits per heavy atom. The van der Waals surface area contributed by atoms with Gasteiger partial charge in [-0.05, 0) is 29.7 Å². The van der Waals surface area contributed by atoms with Crippen LogP contribution in [0.3, 0.4) is 0 Å². The first kappa shape index (κ1) is 14.7. The summed E-state index contributed by atoms with van der Waals surface area (Å²) < 4.78 is 27.4. The van der Waals surface area contributed by atoms with Crippen LogP contribution in [0.1, 0.15) is 20.8 Å². The van der Waals surface area contributed by atoms with Crippen LogP contribution < -0.4 is 10.5 Å². The monoisotopic (exact) mass is 293 g/mol. The molecule has 108 valence electrons. The lowest BCUT2D eigenvalue weighted by Gasteiger charge is -2.19. The summed E-state index contributed by atoms with van der Waals surface area (Å²) in [6.45, 7) is 6.26. The molecule has 1 aromatic heterocycles. The quantitative estimate of drug-likeness (QED) is 0.849. The second-order valence-corrected chi connectivity index (χ2v) is 7.67. The van der Waals surface area contributed by atoms with Crippen molar-refractivity contribution in [1.82, 2.24) is 9.71 Å². The van der Waals surface area contributed by atoms with E-state index in [9.17, 15) is 8.42 Å². The van der Waals surface area contributed by atoms with Gasteiger partial charge in [-0.2, -0.15) is 0 Å². The molecule has 0 aliphatic rings. The highest BCUT2D eigenvalue weighted by atomic mass is 32.2. The van der Waals surface area contributed by atoms with Gasteiger partial charge in [-0.15, -0.1) is 0 Å². The van der Waals surface area contributed by atoms with Crippen LogP contribution in [0.5, 0.6) is 0 Å². The van der Waals surface area contributed by atoms with Crippen LogP contribution in [0.25, 0.3) is 10.9 Å². The van der Waals surface area contributed by atoms with Crippen molar-refractivity contribution >= 4 is 26.6 Å². The third kappa shape index (κ3) is 3.08. The molecule has 0 atom stereocenters. The molecule has 1 heterocycles. The fraction of sp³-hybridized carbons (Fsp3) is 0.357. The number of nitrogens with one attached hydrogen (secondary N) is 1. The number of nitrogens with two attached hydrogens (primary N) is 1. The molecule has 2 rings (SSSR count). The van der Waals surface area contributed by atoms with Gasteiger partial charge in [-0.3, -0.25) is 4.98 Å². The van der Waals surface area contributed by atoms with Crippen molar-refractivity contribution in [2.75, 3.05) is 12.3 Å². The summed E-state index contributed by atoms with van der Waals surface area (Å²) in [6, 6.07) is 6.59. The molecule has 20 heavy (non-hydrogen) atoms. The highest BCUT2D eigenvalue weighted by molar-refractivity contribution is 7.89. The Hall–Kier alpha value is -1.66. The Balaban J connectivity index is 2.50. The van der Waals surface area contributed by atoms with Gasteiger partial charge in [0.15, 0.2) is 0 Å². The lowest BCUT2D eigenvalue weighted by molar-refractivity contribution is 0.407. The number of benzene rings is 1. The predicted molar refractivity (Wildman–Crippen MR) is 80.8 cm³/mol. The summed E-state index contributed by atoms with van der Waals surface area (Å²) in [5, 5.41) is 0.645. The maximum absolute atomic E-state index is 12.4. The topological polar surface area (TPSA) is 85.1 Å². The van der Waals surface area contributed by atoms with E-state index >= 15 is 0 Å². The van der Waals surface area contributed by atoms with Gasteiger partial charge in [0.1, 0.15) is 4.90 Å². The fourth-order valence-corrected chi connectivity index (χ4v) is 3.22. The van der Waals surface area contributed by atoms with Gasteiger partial charge in [-0.1, -0.05) is 20.8 Å². The molecule has 5 nitrogen and oxygen atoms in total. The molecule has 0 spiro atoms. The van der Waals surface area contributed by atoms with Crippen LogP contribution in [-0.4, -0.2) is 19.9 Å². The number of aromatic nitrogens is 1. The molecule has 6 heteroatoms. The molecule has 0 fully saturated rings. The van der Waals surface area contributed by atoms with E-state index in [1.165, 1.54) is 6.07 Å². The van der Waals surface area contributed by atoms with Crippen molar-refractivity contribution in [2.24, 2.45) is 5.41 Å². The van der Waals surface area contributed by atoms with E-state index in [0.717, 1.165) is 0 Å². The van der Waals surface area contributed by atoms with Crippen molar-refractivity contribution in [3.05, 3.63) is 30.5 Å². The number of hydrogen-bond acceptors (Lipinski definition) is 4. The van der Waals surface area contributed by atoms with Gasteiger partial charge < -0.3 is 5.73 Å². The van der Waals surface area contributed by atoms with Crippen LogP contribution in [0.2, 0.25) is 0 Å². The Morgan fingerprint density at radius 3 is 2.60 bits per heavy atom. The molecule has 0 aliphatic heterocycles. The number of nitrogens with zero attached hydrogens (tertiary/aromatic N) is 1. The van der Waals surface area contributed by atoms with Crippen LogP contribution in [-0.2, 0) is 10.0 Å². The lowest BCUT2D eigenvalue weighted by Crippen LogP contribution is -2.32. The Morgan fingerprint density at radius 2 is 1.95 bits per heavy atom. The number of pyridine rings is 1. The largest absolute Gasteiger partial charge is 0.398 e. The van der Waals surface area contributed by atoms with Gasteiger partial charge in [0.25, 0.3) is 0 Å². The number of nitrogen functional groups attached to an aromatic ring is 1. The molecule has 1 aromatic carbocycles. The summed E-state index contributed by atoms with van der Waals surface area (Å²) in [5.74, 6) is 0. The first-order valence-corrected chi connectivity index (χ1v) is 7.82. The second kappa shape index (κ2) is 5.03. The van der Waals surface area contributed by atoms with Crippen LogP contribution >= 0.6 is 0 Å². The number of fused-ring (bicyclic) bond motifs is 1. The normalized spacial score (nSPS) is 12.8. The summed E-state index contributed by atoms with van der Waals surface area (Å²) >= 11 is 0. The number of rotatable bonds is 3. The van der Waals surface area contributed by atoms with E-state index in [2.05, 4.69) is 9.71 Å². The maximum atomic E-state index is 12.4. The smallest absolute Gasteiger partial charge is 0.242 e. The molecule has 3 N–H and O–H groups in total. The second-order valence-electron chi connectivity index (χ2n) is 5.94. The van der Waals surface area contributed by atoms with Crippen molar-refractivity contribution in [3.63, 3.8) is 0 Å². The van der Waals surface area contributed by atoms with Gasteiger partial charge in [-0.25, -0.2) is 13.1 Å². The third-order valence-electron chi connectivity index (χ3n) is 2.85. The van der Waals surface area contributed by atoms with Crippen molar-refractivity contribution in [3.8, 4) is 0 Å². The van der Waals surface area contributed by atoms with Crippen molar-refractivity contribution in [2.45, 2.75) is 25.7 Å². The zero-order valence-corrected chi connectivity index (χ0v) is 12.7. The van der Waals surface area contributed by atoms with Crippen molar-refractivity contribution in [1.29, 1.82) is 0 Å². The summed E-state index contributed by atoms with van der Waals surface area (Å²) in [4.78, 5) is 4.31. The lowest BCUT2D eigenvalue weighted by atomic mass is 9.98. The van der Waals surface area contributed by atoms with E-state index < -0.39 is 10.0 Å². The average molecular weight is 293 g/mol. The standard InChI is InChI=1S/C14H19N3O2S/c1-14(2,3)9-17-20(18,19)12-7-6-11(15)10-5-4-8-16-13(10)12/h4-8,17H,9,15H2,1-3H3.